The molecule has 0 bridgehead atoms. The Bertz CT molecular complexity index is 290. The summed E-state index contributed by atoms with van der Waals surface area (Å²) < 4.78 is 0. The van der Waals surface area contributed by atoms with Crippen LogP contribution in [0.1, 0.15) is 46.5 Å². The summed E-state index contributed by atoms with van der Waals surface area (Å²) >= 11 is 0. The van der Waals surface area contributed by atoms with Crippen molar-refractivity contribution in [2.24, 2.45) is 16.2 Å². The third-order valence-corrected chi connectivity index (χ3v) is 4.82. The van der Waals surface area contributed by atoms with E-state index in [1.54, 1.807) is 6.08 Å². The van der Waals surface area contributed by atoms with Crippen LogP contribution < -0.4 is 0 Å². The highest BCUT2D eigenvalue weighted by molar-refractivity contribution is 5.65. The van der Waals surface area contributed by atoms with Crippen molar-refractivity contribution in [1.29, 1.82) is 0 Å². The summed E-state index contributed by atoms with van der Waals surface area (Å²) in [5.74, 6) is 0. The molecule has 0 heterocycles. The van der Waals surface area contributed by atoms with Crippen molar-refractivity contribution in [3.05, 3.63) is 12.2 Å². The van der Waals surface area contributed by atoms with Gasteiger partial charge < -0.3 is 0 Å². The Balaban J connectivity index is 2.32. The highest BCUT2D eigenvalue weighted by Crippen LogP contribution is 2.78. The van der Waals surface area contributed by atoms with Crippen molar-refractivity contribution in [1.82, 2.24) is 0 Å². The molecule has 0 aromatic carbocycles. The molecule has 0 spiro atoms. The lowest BCUT2D eigenvalue weighted by molar-refractivity contribution is -0.104. The maximum atomic E-state index is 10.4. The predicted octanol–water partition coefficient (Wildman–Crippen LogP) is 3.35. The van der Waals surface area contributed by atoms with Crippen LogP contribution in [0.25, 0.3) is 0 Å². The van der Waals surface area contributed by atoms with E-state index < -0.39 is 0 Å². The van der Waals surface area contributed by atoms with Gasteiger partial charge in [0.25, 0.3) is 0 Å². The van der Waals surface area contributed by atoms with Crippen molar-refractivity contribution in [3.63, 3.8) is 0 Å². The molecule has 0 aliphatic heterocycles. The number of fused-ring (bicyclic) bond motifs is 1. The average molecular weight is 192 g/mol. The molecule has 78 valence electrons. The van der Waals surface area contributed by atoms with Gasteiger partial charge in [-0.1, -0.05) is 33.3 Å². The second-order valence-electron chi connectivity index (χ2n) is 5.94. The summed E-state index contributed by atoms with van der Waals surface area (Å²) in [6.45, 7) is 7.09. The smallest absolute Gasteiger partial charge is 0.142 e. The van der Waals surface area contributed by atoms with Gasteiger partial charge in [-0.2, -0.15) is 0 Å². The van der Waals surface area contributed by atoms with E-state index in [4.69, 9.17) is 0 Å². The fourth-order valence-electron chi connectivity index (χ4n) is 3.77. The second kappa shape index (κ2) is 2.71. The van der Waals surface area contributed by atoms with Crippen molar-refractivity contribution in [3.8, 4) is 0 Å². The molecule has 0 saturated heterocycles. The van der Waals surface area contributed by atoms with Gasteiger partial charge in [-0.05, 0) is 41.6 Å². The molecule has 0 N–H and O–H groups in total. The Labute approximate surface area is 86.6 Å². The lowest BCUT2D eigenvalue weighted by Crippen LogP contribution is -2.32. The molecule has 2 rings (SSSR count). The van der Waals surface area contributed by atoms with Crippen LogP contribution in [0.2, 0.25) is 0 Å². The van der Waals surface area contributed by atoms with Crippen LogP contribution in [0.4, 0.5) is 0 Å². The van der Waals surface area contributed by atoms with Gasteiger partial charge in [0.2, 0.25) is 0 Å². The van der Waals surface area contributed by atoms with Crippen LogP contribution in [0.15, 0.2) is 12.2 Å². The Morgan fingerprint density at radius 1 is 1.14 bits per heavy atom. The zero-order valence-corrected chi connectivity index (χ0v) is 9.47. The number of aldehydes is 1. The number of allylic oxidation sites excluding steroid dienone is 2. The van der Waals surface area contributed by atoms with Crippen LogP contribution in [0.3, 0.4) is 0 Å². The highest BCUT2D eigenvalue weighted by Gasteiger charge is 2.69. The van der Waals surface area contributed by atoms with Gasteiger partial charge >= 0.3 is 0 Å². The first-order valence-electron chi connectivity index (χ1n) is 5.61. The number of hydrogen-bond acceptors (Lipinski definition) is 1. The summed E-state index contributed by atoms with van der Waals surface area (Å²) in [7, 11) is 0. The van der Waals surface area contributed by atoms with Gasteiger partial charge in [-0.3, -0.25) is 4.79 Å². The Morgan fingerprint density at radius 3 is 2.43 bits per heavy atom. The normalized spacial score (nSPS) is 44.8. The largest absolute Gasteiger partial charge is 0.299 e. The van der Waals surface area contributed by atoms with Gasteiger partial charge in [-0.15, -0.1) is 0 Å². The maximum absolute atomic E-state index is 10.4. The molecule has 0 radical (unpaired) electrons. The average Bonchev–Trinajstić information content (AvgIpc) is 2.70. The minimum atomic E-state index is 0.319. The van der Waals surface area contributed by atoms with E-state index in [9.17, 15) is 4.79 Å². The zero-order chi connectivity index (χ0) is 10.4. The molecular formula is C13H20O. The summed E-state index contributed by atoms with van der Waals surface area (Å²) in [6.07, 6.45) is 10.1. The summed E-state index contributed by atoms with van der Waals surface area (Å²) in [5, 5.41) is 0. The first-order chi connectivity index (χ1) is 6.47. The standard InChI is InChI=1S/C13H20O/c1-11(2)6-4-7-12(3)10-13(11,12)8-5-9-14/h5,8-9H,4,6-7,10H2,1-3H3/b8-5+. The van der Waals surface area contributed by atoms with E-state index >= 15 is 0 Å². The van der Waals surface area contributed by atoms with Crippen LogP contribution >= 0.6 is 0 Å². The molecule has 2 aliphatic rings. The molecule has 14 heavy (non-hydrogen) atoms. The van der Waals surface area contributed by atoms with E-state index in [-0.39, 0.29) is 0 Å². The van der Waals surface area contributed by atoms with Gasteiger partial charge in [0, 0.05) is 0 Å². The summed E-state index contributed by atoms with van der Waals surface area (Å²) in [5.41, 5.74) is 1.17. The Kier molecular flexibility index (Phi) is 1.93. The van der Waals surface area contributed by atoms with Gasteiger partial charge in [0.05, 0.1) is 0 Å². The zero-order valence-electron chi connectivity index (χ0n) is 9.47. The van der Waals surface area contributed by atoms with E-state index in [2.05, 4.69) is 26.8 Å². The molecule has 2 aliphatic carbocycles. The Morgan fingerprint density at radius 2 is 1.86 bits per heavy atom. The van der Waals surface area contributed by atoms with Crippen molar-refractivity contribution in [2.75, 3.05) is 0 Å². The summed E-state index contributed by atoms with van der Waals surface area (Å²) in [6, 6.07) is 0. The summed E-state index contributed by atoms with van der Waals surface area (Å²) in [4.78, 5) is 10.4. The van der Waals surface area contributed by atoms with Crippen molar-refractivity contribution in [2.45, 2.75) is 46.5 Å². The number of rotatable bonds is 2. The molecule has 0 aromatic rings. The number of carbonyl (C=O) groups excluding carboxylic acids is 1. The molecular weight excluding hydrogens is 172 g/mol. The topological polar surface area (TPSA) is 17.1 Å². The molecule has 0 amide bonds. The maximum Gasteiger partial charge on any atom is 0.142 e. The van der Waals surface area contributed by atoms with Crippen molar-refractivity contribution < 1.29 is 4.79 Å². The number of carbonyl (C=O) groups is 1. The third-order valence-electron chi connectivity index (χ3n) is 4.82. The SMILES string of the molecule is CC1(C)CCCC2(C)CC12/C=C/C=O. The van der Waals surface area contributed by atoms with Gasteiger partial charge in [-0.25, -0.2) is 0 Å². The Hall–Kier alpha value is -0.590. The lowest BCUT2D eigenvalue weighted by atomic mass is 9.63. The molecule has 1 nitrogen and oxygen atoms in total. The minimum Gasteiger partial charge on any atom is -0.299 e. The first kappa shape index (κ1) is 9.95. The van der Waals surface area contributed by atoms with Crippen LogP contribution in [-0.2, 0) is 4.79 Å². The fraction of sp³-hybridized carbons (Fsp3) is 0.769. The van der Waals surface area contributed by atoms with Crippen LogP contribution in [-0.4, -0.2) is 6.29 Å². The van der Waals surface area contributed by atoms with E-state index in [0.717, 1.165) is 6.29 Å². The third kappa shape index (κ3) is 1.04. The fourth-order valence-corrected chi connectivity index (χ4v) is 3.77. The quantitative estimate of drug-likeness (QED) is 0.484. The molecule has 2 saturated carbocycles. The second-order valence-corrected chi connectivity index (χ2v) is 5.94. The lowest BCUT2D eigenvalue weighted by Gasteiger charge is -2.41. The van der Waals surface area contributed by atoms with E-state index in [1.807, 2.05) is 0 Å². The van der Waals surface area contributed by atoms with E-state index in [0.29, 0.717) is 16.2 Å². The van der Waals surface area contributed by atoms with Gasteiger partial charge in [0.1, 0.15) is 6.29 Å². The first-order valence-corrected chi connectivity index (χ1v) is 5.61. The van der Waals surface area contributed by atoms with E-state index in [1.165, 1.54) is 25.7 Å². The molecule has 2 atom stereocenters. The molecule has 1 heteroatoms. The predicted molar refractivity (Wildman–Crippen MR) is 58.0 cm³/mol. The highest BCUT2D eigenvalue weighted by atomic mass is 16.1. The molecule has 2 fully saturated rings. The van der Waals surface area contributed by atoms with Crippen LogP contribution in [0.5, 0.6) is 0 Å². The number of hydrogen-bond donors (Lipinski definition) is 0. The molecule has 2 unspecified atom stereocenters. The van der Waals surface area contributed by atoms with Gasteiger partial charge in [0.15, 0.2) is 0 Å². The van der Waals surface area contributed by atoms with Crippen LogP contribution in [0, 0.1) is 16.2 Å². The monoisotopic (exact) mass is 192 g/mol. The molecule has 0 aromatic heterocycles. The minimum absolute atomic E-state index is 0.319. The van der Waals surface area contributed by atoms with Crippen molar-refractivity contribution >= 4 is 6.29 Å².